The van der Waals surface area contributed by atoms with Gasteiger partial charge in [0.05, 0.1) is 11.6 Å². The van der Waals surface area contributed by atoms with Crippen molar-refractivity contribution >= 4 is 10.9 Å². The number of hydrogen-bond donors (Lipinski definition) is 2. The maximum absolute atomic E-state index is 9.44. The average Bonchev–Trinajstić information content (AvgIpc) is 2.43. The number of nitrogens with zero attached hydrogens (tertiary/aromatic N) is 1. The van der Waals surface area contributed by atoms with E-state index in [0.29, 0.717) is 0 Å². The van der Waals surface area contributed by atoms with Gasteiger partial charge in [0.1, 0.15) is 0 Å². The maximum atomic E-state index is 9.44. The summed E-state index contributed by atoms with van der Waals surface area (Å²) in [6.45, 7) is 3.63. The minimum absolute atomic E-state index is 0.188. The number of fused-ring (bicyclic) bond motifs is 1. The smallest absolute Gasteiger partial charge is 0.0702 e. The summed E-state index contributed by atoms with van der Waals surface area (Å²) < 4.78 is 0. The van der Waals surface area contributed by atoms with Gasteiger partial charge < -0.3 is 10.4 Å². The Morgan fingerprint density at radius 3 is 3.00 bits per heavy atom. The van der Waals surface area contributed by atoms with E-state index >= 15 is 0 Å². The average molecular weight is 244 g/mol. The number of aromatic nitrogens is 1. The molecule has 2 N–H and O–H groups in total. The topological polar surface area (TPSA) is 45.1 Å². The van der Waals surface area contributed by atoms with Gasteiger partial charge in [-0.05, 0) is 37.1 Å². The molecule has 0 amide bonds. The highest BCUT2D eigenvalue weighted by Gasteiger charge is 2.00. The molecule has 1 atom stereocenters. The van der Waals surface area contributed by atoms with Crippen LogP contribution in [0.2, 0.25) is 0 Å². The summed E-state index contributed by atoms with van der Waals surface area (Å²) >= 11 is 0. The van der Waals surface area contributed by atoms with Crippen molar-refractivity contribution in [3.8, 4) is 0 Å². The first-order chi connectivity index (χ1) is 8.79. The SMILES string of the molecule is CCC(O)CCNCc1cnc2ccccc2c1. The first-order valence-corrected chi connectivity index (χ1v) is 6.52. The van der Waals surface area contributed by atoms with Crippen LogP contribution in [0.4, 0.5) is 0 Å². The summed E-state index contributed by atoms with van der Waals surface area (Å²) in [6.07, 6.45) is 3.34. The summed E-state index contributed by atoms with van der Waals surface area (Å²) in [5, 5.41) is 13.9. The van der Waals surface area contributed by atoms with Crippen LogP contribution in [-0.2, 0) is 6.54 Å². The van der Waals surface area contributed by atoms with E-state index in [2.05, 4.69) is 22.4 Å². The second-order valence-electron chi connectivity index (χ2n) is 4.56. The van der Waals surface area contributed by atoms with Crippen LogP contribution in [0.15, 0.2) is 36.5 Å². The van der Waals surface area contributed by atoms with Gasteiger partial charge in [-0.25, -0.2) is 0 Å². The molecule has 0 fully saturated rings. The predicted octanol–water partition coefficient (Wildman–Crippen LogP) is 2.49. The number of para-hydroxylation sites is 1. The van der Waals surface area contributed by atoms with Gasteiger partial charge in [-0.1, -0.05) is 25.1 Å². The number of aliphatic hydroxyl groups is 1. The lowest BCUT2D eigenvalue weighted by Crippen LogP contribution is -2.19. The number of aliphatic hydroxyl groups excluding tert-OH is 1. The second kappa shape index (κ2) is 6.47. The van der Waals surface area contributed by atoms with Gasteiger partial charge in [-0.3, -0.25) is 4.98 Å². The van der Waals surface area contributed by atoms with Gasteiger partial charge >= 0.3 is 0 Å². The fraction of sp³-hybridized carbons (Fsp3) is 0.400. The third-order valence-corrected chi connectivity index (χ3v) is 3.10. The highest BCUT2D eigenvalue weighted by atomic mass is 16.3. The molecule has 3 nitrogen and oxygen atoms in total. The van der Waals surface area contributed by atoms with Crippen molar-refractivity contribution in [2.45, 2.75) is 32.4 Å². The summed E-state index contributed by atoms with van der Waals surface area (Å²) in [5.41, 5.74) is 2.21. The molecule has 0 aliphatic heterocycles. The minimum Gasteiger partial charge on any atom is -0.393 e. The molecule has 18 heavy (non-hydrogen) atoms. The Balaban J connectivity index is 1.88. The zero-order chi connectivity index (χ0) is 12.8. The van der Waals surface area contributed by atoms with E-state index in [1.54, 1.807) is 0 Å². The van der Waals surface area contributed by atoms with Gasteiger partial charge in [0.15, 0.2) is 0 Å². The molecule has 0 saturated heterocycles. The third-order valence-electron chi connectivity index (χ3n) is 3.10. The van der Waals surface area contributed by atoms with E-state index in [-0.39, 0.29) is 6.10 Å². The molecule has 0 spiro atoms. The van der Waals surface area contributed by atoms with E-state index in [1.165, 1.54) is 10.9 Å². The molecular weight excluding hydrogens is 224 g/mol. The summed E-state index contributed by atoms with van der Waals surface area (Å²) in [7, 11) is 0. The van der Waals surface area contributed by atoms with Crippen molar-refractivity contribution in [2.24, 2.45) is 0 Å². The van der Waals surface area contributed by atoms with Crippen LogP contribution < -0.4 is 5.32 Å². The molecule has 1 aromatic heterocycles. The zero-order valence-electron chi connectivity index (χ0n) is 10.8. The van der Waals surface area contributed by atoms with E-state index < -0.39 is 0 Å². The number of benzene rings is 1. The van der Waals surface area contributed by atoms with Crippen LogP contribution in [0.3, 0.4) is 0 Å². The molecule has 0 aliphatic carbocycles. The predicted molar refractivity (Wildman–Crippen MR) is 74.4 cm³/mol. The van der Waals surface area contributed by atoms with Crippen molar-refractivity contribution < 1.29 is 5.11 Å². The van der Waals surface area contributed by atoms with Crippen LogP contribution in [0.25, 0.3) is 10.9 Å². The lowest BCUT2D eigenvalue weighted by Gasteiger charge is -2.09. The Morgan fingerprint density at radius 2 is 2.17 bits per heavy atom. The number of pyridine rings is 1. The molecule has 0 saturated carbocycles. The minimum atomic E-state index is -0.188. The Morgan fingerprint density at radius 1 is 1.33 bits per heavy atom. The third kappa shape index (κ3) is 3.52. The van der Waals surface area contributed by atoms with Gasteiger partial charge in [-0.15, -0.1) is 0 Å². The molecule has 0 aliphatic rings. The molecule has 2 aromatic rings. The maximum Gasteiger partial charge on any atom is 0.0702 e. The lowest BCUT2D eigenvalue weighted by atomic mass is 10.1. The highest BCUT2D eigenvalue weighted by molar-refractivity contribution is 5.78. The molecule has 3 heteroatoms. The van der Waals surface area contributed by atoms with Gasteiger partial charge in [0.25, 0.3) is 0 Å². The summed E-state index contributed by atoms with van der Waals surface area (Å²) in [6, 6.07) is 10.3. The Hall–Kier alpha value is -1.45. The highest BCUT2D eigenvalue weighted by Crippen LogP contribution is 2.12. The van der Waals surface area contributed by atoms with Gasteiger partial charge in [-0.2, -0.15) is 0 Å². The van der Waals surface area contributed by atoms with E-state index in [0.717, 1.165) is 31.4 Å². The molecule has 2 rings (SSSR count). The van der Waals surface area contributed by atoms with Crippen LogP contribution in [0.1, 0.15) is 25.3 Å². The van der Waals surface area contributed by atoms with Crippen molar-refractivity contribution in [1.29, 1.82) is 0 Å². The van der Waals surface area contributed by atoms with Crippen molar-refractivity contribution in [2.75, 3.05) is 6.54 Å². The number of nitrogens with one attached hydrogen (secondary N) is 1. The molecular formula is C15H20N2O. The summed E-state index contributed by atoms with van der Waals surface area (Å²) in [5.74, 6) is 0. The zero-order valence-corrected chi connectivity index (χ0v) is 10.8. The summed E-state index contributed by atoms with van der Waals surface area (Å²) in [4.78, 5) is 4.42. The largest absolute Gasteiger partial charge is 0.393 e. The first kappa shape index (κ1) is 13.0. The molecule has 1 heterocycles. The van der Waals surface area contributed by atoms with Gasteiger partial charge in [0, 0.05) is 18.1 Å². The first-order valence-electron chi connectivity index (χ1n) is 6.52. The van der Waals surface area contributed by atoms with Crippen molar-refractivity contribution in [1.82, 2.24) is 10.3 Å². The van der Waals surface area contributed by atoms with E-state index in [1.807, 2.05) is 31.3 Å². The van der Waals surface area contributed by atoms with E-state index in [4.69, 9.17) is 0 Å². The molecule has 0 bridgehead atoms. The normalized spacial score (nSPS) is 12.8. The standard InChI is InChI=1S/C15H20N2O/c1-2-14(18)7-8-16-10-12-9-13-5-3-4-6-15(13)17-11-12/h3-6,9,11,14,16,18H,2,7-8,10H2,1H3. The Kier molecular flexibility index (Phi) is 4.67. The van der Waals surface area contributed by atoms with Gasteiger partial charge in [0.2, 0.25) is 0 Å². The fourth-order valence-corrected chi connectivity index (χ4v) is 1.92. The number of hydrogen-bond acceptors (Lipinski definition) is 3. The van der Waals surface area contributed by atoms with Crippen LogP contribution in [-0.4, -0.2) is 22.7 Å². The molecule has 0 radical (unpaired) electrons. The van der Waals surface area contributed by atoms with Crippen LogP contribution >= 0.6 is 0 Å². The monoisotopic (exact) mass is 244 g/mol. The van der Waals surface area contributed by atoms with Crippen LogP contribution in [0.5, 0.6) is 0 Å². The molecule has 1 aromatic carbocycles. The Labute approximate surface area is 108 Å². The fourth-order valence-electron chi connectivity index (χ4n) is 1.92. The molecule has 1 unspecified atom stereocenters. The number of rotatable bonds is 6. The second-order valence-corrected chi connectivity index (χ2v) is 4.56. The van der Waals surface area contributed by atoms with E-state index in [9.17, 15) is 5.11 Å². The van der Waals surface area contributed by atoms with Crippen molar-refractivity contribution in [3.05, 3.63) is 42.1 Å². The Bertz CT molecular complexity index is 499. The van der Waals surface area contributed by atoms with Crippen molar-refractivity contribution in [3.63, 3.8) is 0 Å². The van der Waals surface area contributed by atoms with Crippen LogP contribution in [0, 0.1) is 0 Å². The lowest BCUT2D eigenvalue weighted by molar-refractivity contribution is 0.159. The quantitative estimate of drug-likeness (QED) is 0.767. The molecule has 96 valence electrons.